The molecule has 1 saturated carbocycles. The molecule has 118 valence electrons. The Hall–Kier alpha value is -1.26. The quantitative estimate of drug-likeness (QED) is 0.845. The number of ether oxygens (including phenoxy) is 1. The highest BCUT2D eigenvalue weighted by molar-refractivity contribution is 5.86. The summed E-state index contributed by atoms with van der Waals surface area (Å²) in [7, 11) is 1.30. The molecule has 1 fully saturated rings. The molecule has 0 aromatic rings. The van der Waals surface area contributed by atoms with Crippen LogP contribution in [-0.2, 0) is 9.53 Å². The van der Waals surface area contributed by atoms with Crippen LogP contribution < -0.4 is 5.32 Å². The molecule has 1 N–H and O–H groups in total. The minimum atomic E-state index is -0.554. The van der Waals surface area contributed by atoms with Crippen molar-refractivity contribution in [3.63, 3.8) is 0 Å². The van der Waals surface area contributed by atoms with E-state index in [1.807, 2.05) is 39.5 Å². The summed E-state index contributed by atoms with van der Waals surface area (Å²) >= 11 is 0. The summed E-state index contributed by atoms with van der Waals surface area (Å²) in [5.41, 5.74) is 0. The van der Waals surface area contributed by atoms with Crippen LogP contribution in [0.4, 0.5) is 4.79 Å². The first-order valence-corrected chi connectivity index (χ1v) is 7.57. The molecule has 0 spiro atoms. The van der Waals surface area contributed by atoms with Crippen molar-refractivity contribution in [3.05, 3.63) is 0 Å². The molecule has 1 aliphatic rings. The van der Waals surface area contributed by atoms with Gasteiger partial charge in [-0.05, 0) is 25.2 Å². The number of carbonyl (C=O) groups is 2. The van der Waals surface area contributed by atoms with Gasteiger partial charge in [-0.25, -0.2) is 4.79 Å². The van der Waals surface area contributed by atoms with Gasteiger partial charge in [-0.1, -0.05) is 34.6 Å². The summed E-state index contributed by atoms with van der Waals surface area (Å²) < 4.78 is 4.57. The number of hydrogen-bond acceptors (Lipinski definition) is 3. The van der Waals surface area contributed by atoms with Gasteiger partial charge < -0.3 is 15.0 Å². The molecule has 2 amide bonds. The van der Waals surface area contributed by atoms with Crippen LogP contribution in [0.1, 0.15) is 48.0 Å². The van der Waals surface area contributed by atoms with E-state index in [0.29, 0.717) is 18.5 Å². The monoisotopic (exact) mass is 286 g/mol. The molecule has 0 saturated heterocycles. The van der Waals surface area contributed by atoms with Gasteiger partial charge in [0.15, 0.2) is 0 Å². The molecular formula is C15H30N2O3. The third-order valence-electron chi connectivity index (χ3n) is 3.48. The van der Waals surface area contributed by atoms with E-state index in [9.17, 15) is 9.59 Å². The summed E-state index contributed by atoms with van der Waals surface area (Å²) in [6.07, 6.45) is 0.504. The Morgan fingerprint density at radius 2 is 1.85 bits per heavy atom. The summed E-state index contributed by atoms with van der Waals surface area (Å²) in [6.45, 7) is 12.6. The van der Waals surface area contributed by atoms with Crippen molar-refractivity contribution in [1.82, 2.24) is 10.2 Å². The van der Waals surface area contributed by atoms with Crippen LogP contribution in [0.3, 0.4) is 0 Å². The van der Waals surface area contributed by atoms with E-state index in [1.165, 1.54) is 7.11 Å². The molecular weight excluding hydrogens is 256 g/mol. The number of methoxy groups -OCH3 is 1. The van der Waals surface area contributed by atoms with Gasteiger partial charge in [-0.3, -0.25) is 4.79 Å². The number of alkyl carbamates (subject to hydrolysis) is 1. The first kappa shape index (κ1) is 18.7. The average Bonchev–Trinajstić information content (AvgIpc) is 3.15. The second-order valence-electron chi connectivity index (χ2n) is 5.26. The Balaban J connectivity index is 0.00000172. The van der Waals surface area contributed by atoms with E-state index in [1.54, 1.807) is 0 Å². The van der Waals surface area contributed by atoms with Gasteiger partial charge in [0.25, 0.3) is 0 Å². The Kier molecular flexibility index (Phi) is 8.26. The summed E-state index contributed by atoms with van der Waals surface area (Å²) in [4.78, 5) is 25.6. The van der Waals surface area contributed by atoms with E-state index in [4.69, 9.17) is 0 Å². The lowest BCUT2D eigenvalue weighted by atomic mass is 10.0. The summed E-state index contributed by atoms with van der Waals surface area (Å²) in [6, 6.07) is -0.173. The fourth-order valence-corrected chi connectivity index (χ4v) is 2.17. The largest absolute Gasteiger partial charge is 0.453 e. The van der Waals surface area contributed by atoms with Crippen LogP contribution in [0.15, 0.2) is 0 Å². The van der Waals surface area contributed by atoms with Crippen LogP contribution in [0.5, 0.6) is 0 Å². The van der Waals surface area contributed by atoms with Crippen LogP contribution in [-0.4, -0.2) is 42.6 Å². The third-order valence-corrected chi connectivity index (χ3v) is 3.48. The van der Waals surface area contributed by atoms with Crippen molar-refractivity contribution in [2.75, 3.05) is 13.7 Å². The number of amides is 2. The lowest BCUT2D eigenvalue weighted by Crippen LogP contribution is -2.52. The SMILES string of the molecule is CC.CCN(C(=O)C(NC(=O)OC)C(C)C)C1CC1C. The maximum absolute atomic E-state index is 12.5. The van der Waals surface area contributed by atoms with Gasteiger partial charge in [0.2, 0.25) is 5.91 Å². The van der Waals surface area contributed by atoms with Crippen molar-refractivity contribution >= 4 is 12.0 Å². The van der Waals surface area contributed by atoms with Gasteiger partial charge in [-0.2, -0.15) is 0 Å². The molecule has 1 aliphatic carbocycles. The van der Waals surface area contributed by atoms with Gasteiger partial charge in [-0.15, -0.1) is 0 Å². The molecule has 1 rings (SSSR count). The van der Waals surface area contributed by atoms with Gasteiger partial charge in [0, 0.05) is 12.6 Å². The second kappa shape index (κ2) is 8.82. The predicted molar refractivity (Wildman–Crippen MR) is 80.5 cm³/mol. The molecule has 0 aromatic heterocycles. The first-order valence-electron chi connectivity index (χ1n) is 7.57. The molecule has 3 atom stereocenters. The molecule has 0 bridgehead atoms. The molecule has 0 radical (unpaired) electrons. The maximum Gasteiger partial charge on any atom is 0.407 e. The number of hydrogen-bond donors (Lipinski definition) is 1. The topological polar surface area (TPSA) is 58.6 Å². The third kappa shape index (κ3) is 5.02. The van der Waals surface area contributed by atoms with Crippen molar-refractivity contribution < 1.29 is 14.3 Å². The summed E-state index contributed by atoms with van der Waals surface area (Å²) in [5.74, 6) is 0.604. The van der Waals surface area contributed by atoms with E-state index < -0.39 is 12.1 Å². The number of likely N-dealkylation sites (N-methyl/N-ethyl adjacent to an activating group) is 1. The highest BCUT2D eigenvalue weighted by atomic mass is 16.5. The second-order valence-corrected chi connectivity index (χ2v) is 5.26. The lowest BCUT2D eigenvalue weighted by molar-refractivity contribution is -0.135. The number of nitrogens with one attached hydrogen (secondary N) is 1. The normalized spacial score (nSPS) is 21.4. The molecule has 5 heteroatoms. The van der Waals surface area contributed by atoms with Crippen molar-refractivity contribution in [2.45, 2.75) is 60.0 Å². The number of carbonyl (C=O) groups excluding carboxylic acids is 2. The number of rotatable bonds is 5. The predicted octanol–water partition coefficient (Wildman–Crippen LogP) is 2.65. The van der Waals surface area contributed by atoms with Crippen molar-refractivity contribution in [3.8, 4) is 0 Å². The Morgan fingerprint density at radius 1 is 1.35 bits per heavy atom. The van der Waals surface area contributed by atoms with Gasteiger partial charge >= 0.3 is 6.09 Å². The summed E-state index contributed by atoms with van der Waals surface area (Å²) in [5, 5.41) is 2.63. The average molecular weight is 286 g/mol. The van der Waals surface area contributed by atoms with E-state index in [-0.39, 0.29) is 11.8 Å². The smallest absolute Gasteiger partial charge is 0.407 e. The van der Waals surface area contributed by atoms with E-state index >= 15 is 0 Å². The van der Waals surface area contributed by atoms with Crippen molar-refractivity contribution in [1.29, 1.82) is 0 Å². The van der Waals surface area contributed by atoms with E-state index in [0.717, 1.165) is 6.42 Å². The molecule has 20 heavy (non-hydrogen) atoms. The fraction of sp³-hybridized carbons (Fsp3) is 0.867. The Morgan fingerprint density at radius 3 is 2.15 bits per heavy atom. The minimum Gasteiger partial charge on any atom is -0.453 e. The Labute approximate surface area is 123 Å². The van der Waals surface area contributed by atoms with Crippen LogP contribution in [0.2, 0.25) is 0 Å². The molecule has 0 heterocycles. The molecule has 0 aromatic carbocycles. The first-order chi connectivity index (χ1) is 9.42. The van der Waals surface area contributed by atoms with Crippen LogP contribution in [0, 0.1) is 11.8 Å². The zero-order valence-corrected chi connectivity index (χ0v) is 13.9. The van der Waals surface area contributed by atoms with Crippen LogP contribution in [0.25, 0.3) is 0 Å². The molecule has 0 aliphatic heterocycles. The van der Waals surface area contributed by atoms with Gasteiger partial charge in [0.1, 0.15) is 6.04 Å². The van der Waals surface area contributed by atoms with Crippen LogP contribution >= 0.6 is 0 Å². The zero-order chi connectivity index (χ0) is 15.9. The molecule has 5 nitrogen and oxygen atoms in total. The fourth-order valence-electron chi connectivity index (χ4n) is 2.17. The Bertz CT molecular complexity index is 318. The number of nitrogens with zero attached hydrogens (tertiary/aromatic N) is 1. The van der Waals surface area contributed by atoms with Gasteiger partial charge in [0.05, 0.1) is 7.11 Å². The standard InChI is InChI=1S/C13H24N2O3.C2H6/c1-6-15(10-7-9(10)4)12(16)11(8(2)3)14-13(17)18-5;1-2/h8-11H,6-7H2,1-5H3,(H,14,17);1-2H3. The van der Waals surface area contributed by atoms with Crippen molar-refractivity contribution in [2.24, 2.45) is 11.8 Å². The molecule has 3 unspecified atom stereocenters. The highest BCUT2D eigenvalue weighted by Crippen LogP contribution is 2.35. The zero-order valence-electron chi connectivity index (χ0n) is 13.9. The maximum atomic E-state index is 12.5. The highest BCUT2D eigenvalue weighted by Gasteiger charge is 2.42. The minimum absolute atomic E-state index is 0.00718. The lowest BCUT2D eigenvalue weighted by Gasteiger charge is -2.29. The van der Waals surface area contributed by atoms with E-state index in [2.05, 4.69) is 17.0 Å².